The Morgan fingerprint density at radius 1 is 1.00 bits per heavy atom. The van der Waals surface area contributed by atoms with Crippen LogP contribution in [0.3, 0.4) is 0 Å². The summed E-state index contributed by atoms with van der Waals surface area (Å²) in [6.07, 6.45) is 1.50. The molecule has 36 heavy (non-hydrogen) atoms. The summed E-state index contributed by atoms with van der Waals surface area (Å²) in [4.78, 5) is 44.2. The Labute approximate surface area is 211 Å². The Morgan fingerprint density at radius 2 is 1.72 bits per heavy atom. The molecule has 0 saturated carbocycles. The van der Waals surface area contributed by atoms with Gasteiger partial charge in [-0.2, -0.15) is 0 Å². The minimum atomic E-state index is -0.350. The van der Waals surface area contributed by atoms with Gasteiger partial charge in [0.2, 0.25) is 5.91 Å². The minimum absolute atomic E-state index is 0.0240. The van der Waals surface area contributed by atoms with Gasteiger partial charge in [0.25, 0.3) is 11.1 Å². The molecule has 0 spiro atoms. The Morgan fingerprint density at radius 3 is 2.44 bits per heavy atom. The Bertz CT molecular complexity index is 1690. The van der Waals surface area contributed by atoms with E-state index in [1.54, 1.807) is 18.7 Å². The maximum Gasteiger partial charge on any atom is 0.295 e. The second-order valence-corrected chi connectivity index (χ2v) is 9.53. The predicted octanol–water partition coefficient (Wildman–Crippen LogP) is 4.26. The predicted molar refractivity (Wildman–Crippen MR) is 143 cm³/mol. The number of nitrogens with one attached hydrogen (secondary N) is 1. The number of anilines is 1. The first-order valence-corrected chi connectivity index (χ1v) is 12.4. The quantitative estimate of drug-likeness (QED) is 0.378. The van der Waals surface area contributed by atoms with Gasteiger partial charge >= 0.3 is 0 Å². The lowest BCUT2D eigenvalue weighted by Crippen LogP contribution is -2.25. The summed E-state index contributed by atoms with van der Waals surface area (Å²) in [5, 5.41) is 5.24. The van der Waals surface area contributed by atoms with Crippen molar-refractivity contribution in [3.63, 3.8) is 0 Å². The molecule has 0 aliphatic carbocycles. The molecule has 0 saturated heterocycles. The molecule has 5 aromatic rings. The molecule has 3 aromatic heterocycles. The molecule has 0 fully saturated rings. The van der Waals surface area contributed by atoms with E-state index in [1.165, 1.54) is 26.9 Å². The molecule has 3 heterocycles. The molecule has 8 nitrogen and oxygen atoms in total. The summed E-state index contributed by atoms with van der Waals surface area (Å²) in [6.45, 7) is 3.94. The first-order valence-electron chi connectivity index (χ1n) is 11.5. The molecule has 2 aromatic carbocycles. The van der Waals surface area contributed by atoms with Crippen molar-refractivity contribution in [1.29, 1.82) is 0 Å². The van der Waals surface area contributed by atoms with Crippen molar-refractivity contribution in [1.82, 2.24) is 18.9 Å². The van der Waals surface area contributed by atoms with Crippen LogP contribution in [0.15, 0.2) is 75.9 Å². The number of fused-ring (bicyclic) bond motifs is 1. The zero-order valence-electron chi connectivity index (χ0n) is 20.2. The summed E-state index contributed by atoms with van der Waals surface area (Å²) >= 11 is 1.42. The molecule has 0 aliphatic rings. The molecule has 0 unspecified atom stereocenters. The van der Waals surface area contributed by atoms with Gasteiger partial charge in [0, 0.05) is 31.0 Å². The van der Waals surface area contributed by atoms with Crippen molar-refractivity contribution < 1.29 is 4.79 Å². The van der Waals surface area contributed by atoms with Gasteiger partial charge in [-0.15, -0.1) is 11.3 Å². The molecule has 0 atom stereocenters. The second kappa shape index (κ2) is 9.43. The number of para-hydroxylation sites is 1. The minimum Gasteiger partial charge on any atom is -0.320 e. The summed E-state index contributed by atoms with van der Waals surface area (Å²) in [7, 11) is 1.77. The molecule has 1 amide bonds. The van der Waals surface area contributed by atoms with Gasteiger partial charge in [-0.05, 0) is 31.5 Å². The summed E-state index contributed by atoms with van der Waals surface area (Å²) in [5.74, 6) is -0.350. The first-order chi connectivity index (χ1) is 17.3. The van der Waals surface area contributed by atoms with Crippen LogP contribution in [0.5, 0.6) is 0 Å². The topological polar surface area (TPSA) is 90.9 Å². The number of nitrogens with zero attached hydrogens (tertiary/aromatic N) is 4. The van der Waals surface area contributed by atoms with E-state index < -0.39 is 0 Å². The number of aromatic nitrogens is 4. The normalized spacial score (nSPS) is 11.2. The van der Waals surface area contributed by atoms with Crippen molar-refractivity contribution >= 4 is 33.1 Å². The number of hydrogen-bond acceptors (Lipinski definition) is 5. The number of carbonyl (C=O) groups excluding carboxylic acids is 1. The van der Waals surface area contributed by atoms with Crippen LogP contribution in [-0.2, 0) is 18.4 Å². The number of thiophene rings is 1. The maximum atomic E-state index is 13.3. The average molecular weight is 500 g/mol. The van der Waals surface area contributed by atoms with Crippen LogP contribution in [0.2, 0.25) is 0 Å². The van der Waals surface area contributed by atoms with E-state index in [2.05, 4.69) is 10.3 Å². The van der Waals surface area contributed by atoms with Gasteiger partial charge in [0.1, 0.15) is 10.5 Å². The lowest BCUT2D eigenvalue weighted by Gasteiger charge is -2.07. The van der Waals surface area contributed by atoms with Gasteiger partial charge in [0.15, 0.2) is 0 Å². The molecule has 182 valence electrons. The zero-order valence-corrected chi connectivity index (χ0v) is 21.0. The maximum absolute atomic E-state index is 13.3. The van der Waals surface area contributed by atoms with Gasteiger partial charge in [-0.3, -0.25) is 23.6 Å². The van der Waals surface area contributed by atoms with Crippen molar-refractivity contribution in [3.05, 3.63) is 98.3 Å². The Hall–Kier alpha value is -4.24. The molecule has 9 heteroatoms. The van der Waals surface area contributed by atoms with Crippen LogP contribution in [-0.4, -0.2) is 24.8 Å². The van der Waals surface area contributed by atoms with Crippen LogP contribution in [0.1, 0.15) is 17.7 Å². The third kappa shape index (κ3) is 4.18. The smallest absolute Gasteiger partial charge is 0.295 e. The molecule has 5 rings (SSSR count). The number of carbonyl (C=O) groups is 1. The third-order valence-electron chi connectivity index (χ3n) is 6.32. The number of benzene rings is 2. The molecular weight excluding hydrogens is 474 g/mol. The summed E-state index contributed by atoms with van der Waals surface area (Å²) in [6, 6.07) is 17.2. The van der Waals surface area contributed by atoms with Crippen LogP contribution in [0, 0.1) is 13.8 Å². The Balaban J connectivity index is 1.37. The largest absolute Gasteiger partial charge is 0.320 e. The lowest BCUT2D eigenvalue weighted by molar-refractivity contribution is -0.116. The van der Waals surface area contributed by atoms with E-state index in [0.29, 0.717) is 21.6 Å². The van der Waals surface area contributed by atoms with Crippen LogP contribution in [0.4, 0.5) is 5.69 Å². The fraction of sp³-hybridized carbons (Fsp3) is 0.185. The van der Waals surface area contributed by atoms with Gasteiger partial charge in [-0.25, -0.2) is 9.67 Å². The van der Waals surface area contributed by atoms with E-state index in [1.807, 2.05) is 66.9 Å². The summed E-state index contributed by atoms with van der Waals surface area (Å²) in [5.41, 5.74) is 4.01. The first kappa shape index (κ1) is 23.5. The molecule has 0 radical (unpaired) electrons. The number of hydrogen-bond donors (Lipinski definition) is 1. The van der Waals surface area contributed by atoms with Crippen molar-refractivity contribution in [2.75, 3.05) is 5.32 Å². The monoisotopic (exact) mass is 499 g/mol. The highest BCUT2D eigenvalue weighted by Crippen LogP contribution is 2.30. The Kier molecular flexibility index (Phi) is 6.15. The van der Waals surface area contributed by atoms with Gasteiger partial charge in [-0.1, -0.05) is 48.0 Å². The van der Waals surface area contributed by atoms with Crippen LogP contribution >= 0.6 is 11.3 Å². The SMILES string of the molecule is Cc1ccc(-c2csc3ncn(CCC(=O)Nc4c(C)n(C)n(-c5ccccc5)c4=O)c(=O)c23)cc1. The number of rotatable bonds is 6. The van der Waals surface area contributed by atoms with Crippen LogP contribution < -0.4 is 16.4 Å². The molecule has 0 aliphatic heterocycles. The second-order valence-electron chi connectivity index (χ2n) is 8.67. The van der Waals surface area contributed by atoms with Crippen LogP contribution in [0.25, 0.3) is 27.0 Å². The lowest BCUT2D eigenvalue weighted by atomic mass is 10.1. The van der Waals surface area contributed by atoms with Crippen molar-refractivity contribution in [2.45, 2.75) is 26.8 Å². The highest BCUT2D eigenvalue weighted by Gasteiger charge is 2.19. The van der Waals surface area contributed by atoms with E-state index in [4.69, 9.17) is 0 Å². The molecular formula is C27H25N5O3S. The zero-order chi connectivity index (χ0) is 25.4. The number of amides is 1. The van der Waals surface area contributed by atoms with E-state index in [0.717, 1.165) is 16.7 Å². The van der Waals surface area contributed by atoms with Crippen molar-refractivity contribution in [3.8, 4) is 16.8 Å². The fourth-order valence-corrected chi connectivity index (χ4v) is 5.12. The van der Waals surface area contributed by atoms with Gasteiger partial charge in [0.05, 0.1) is 23.1 Å². The average Bonchev–Trinajstić information content (AvgIpc) is 3.40. The standard InChI is InChI=1S/C27H25N5O3S/c1-17-9-11-19(12-10-17)21-15-36-25-23(21)26(34)31(16-28-25)14-13-22(33)29-24-18(2)30(3)32(27(24)35)20-7-5-4-6-8-20/h4-12,15-16H,13-14H2,1-3H3,(H,29,33). The molecule has 1 N–H and O–H groups in total. The van der Waals surface area contributed by atoms with E-state index >= 15 is 0 Å². The summed E-state index contributed by atoms with van der Waals surface area (Å²) < 4.78 is 4.67. The molecule has 0 bridgehead atoms. The van der Waals surface area contributed by atoms with Crippen molar-refractivity contribution in [2.24, 2.45) is 7.05 Å². The van der Waals surface area contributed by atoms with E-state index in [-0.39, 0.29) is 35.7 Å². The fourth-order valence-electron chi connectivity index (χ4n) is 4.21. The van der Waals surface area contributed by atoms with E-state index in [9.17, 15) is 14.4 Å². The highest BCUT2D eigenvalue weighted by molar-refractivity contribution is 7.17. The highest BCUT2D eigenvalue weighted by atomic mass is 32.1. The third-order valence-corrected chi connectivity index (χ3v) is 7.21. The number of aryl methyl sites for hydroxylation is 2. The van der Waals surface area contributed by atoms with Gasteiger partial charge < -0.3 is 5.32 Å².